The number of benzene rings is 1. The predicted molar refractivity (Wildman–Crippen MR) is 73.7 cm³/mol. The molecule has 0 saturated carbocycles. The highest BCUT2D eigenvalue weighted by molar-refractivity contribution is 6.30. The highest BCUT2D eigenvalue weighted by Gasteiger charge is 2.24. The van der Waals surface area contributed by atoms with Gasteiger partial charge in [0.05, 0.1) is 12.1 Å². The summed E-state index contributed by atoms with van der Waals surface area (Å²) >= 11 is 5.98. The first-order chi connectivity index (χ1) is 8.70. The molecule has 1 aliphatic heterocycles. The van der Waals surface area contributed by atoms with Crippen molar-refractivity contribution >= 4 is 17.5 Å². The van der Waals surface area contributed by atoms with Crippen LogP contribution in [0.15, 0.2) is 24.3 Å². The summed E-state index contributed by atoms with van der Waals surface area (Å²) in [5, 5.41) is 7.01. The van der Waals surface area contributed by atoms with Crippen LogP contribution >= 0.6 is 11.6 Å². The highest BCUT2D eigenvalue weighted by atomic mass is 35.5. The number of hydrogen-bond donors (Lipinski definition) is 2. The molecule has 2 rings (SSSR count). The third-order valence-corrected chi connectivity index (χ3v) is 3.59. The molecule has 0 aromatic heterocycles. The number of hydrogen-bond acceptors (Lipinski definition) is 2. The molecule has 2 atom stereocenters. The minimum Gasteiger partial charge on any atom is -0.348 e. The first-order valence-electron chi connectivity index (χ1n) is 6.50. The normalized spacial score (nSPS) is 20.7. The van der Waals surface area contributed by atoms with Gasteiger partial charge in [-0.05, 0) is 43.5 Å². The number of nitrogens with one attached hydrogen (secondary N) is 2. The van der Waals surface area contributed by atoms with Crippen molar-refractivity contribution in [2.45, 2.75) is 38.3 Å². The Balaban J connectivity index is 2.02. The van der Waals surface area contributed by atoms with Gasteiger partial charge in [0.2, 0.25) is 5.91 Å². The molecule has 98 valence electrons. The molecular formula is C14H19ClN2O. The Morgan fingerprint density at radius 3 is 3.06 bits per heavy atom. The van der Waals surface area contributed by atoms with Crippen LogP contribution in [0.2, 0.25) is 5.02 Å². The van der Waals surface area contributed by atoms with Gasteiger partial charge in [-0.25, -0.2) is 0 Å². The zero-order valence-electron chi connectivity index (χ0n) is 10.6. The summed E-state index contributed by atoms with van der Waals surface area (Å²) in [6, 6.07) is 7.69. The van der Waals surface area contributed by atoms with Gasteiger partial charge in [0.25, 0.3) is 0 Å². The van der Waals surface area contributed by atoms with E-state index in [1.165, 1.54) is 0 Å². The summed E-state index contributed by atoms with van der Waals surface area (Å²) in [6.45, 7) is 3.00. The molecule has 1 saturated heterocycles. The van der Waals surface area contributed by atoms with E-state index in [0.717, 1.165) is 31.4 Å². The van der Waals surface area contributed by atoms with Gasteiger partial charge in [-0.15, -0.1) is 0 Å². The molecule has 3 nitrogen and oxygen atoms in total. The van der Waals surface area contributed by atoms with E-state index in [2.05, 4.69) is 17.6 Å². The largest absolute Gasteiger partial charge is 0.348 e. The number of amides is 1. The Morgan fingerprint density at radius 2 is 2.44 bits per heavy atom. The monoisotopic (exact) mass is 266 g/mol. The lowest BCUT2D eigenvalue weighted by Gasteiger charge is -2.20. The van der Waals surface area contributed by atoms with Crippen LogP contribution in [0.25, 0.3) is 0 Å². The van der Waals surface area contributed by atoms with Crippen molar-refractivity contribution in [1.29, 1.82) is 0 Å². The molecule has 1 aliphatic rings. The van der Waals surface area contributed by atoms with E-state index in [1.807, 2.05) is 24.3 Å². The maximum atomic E-state index is 12.1. The van der Waals surface area contributed by atoms with Crippen molar-refractivity contribution in [2.75, 3.05) is 6.54 Å². The van der Waals surface area contributed by atoms with Gasteiger partial charge in [-0.3, -0.25) is 4.79 Å². The summed E-state index contributed by atoms with van der Waals surface area (Å²) in [6.07, 6.45) is 2.86. The third kappa shape index (κ3) is 3.24. The zero-order chi connectivity index (χ0) is 13.0. The van der Waals surface area contributed by atoms with E-state index in [0.29, 0.717) is 5.02 Å². The molecule has 0 radical (unpaired) electrons. The second kappa shape index (κ2) is 6.21. The van der Waals surface area contributed by atoms with Gasteiger partial charge in [0.15, 0.2) is 0 Å². The third-order valence-electron chi connectivity index (χ3n) is 3.35. The van der Waals surface area contributed by atoms with Crippen LogP contribution in [-0.2, 0) is 4.79 Å². The van der Waals surface area contributed by atoms with Gasteiger partial charge in [-0.1, -0.05) is 30.7 Å². The minimum absolute atomic E-state index is 0.0294. The topological polar surface area (TPSA) is 41.1 Å². The molecule has 4 heteroatoms. The van der Waals surface area contributed by atoms with Gasteiger partial charge in [0, 0.05) is 5.02 Å². The quantitative estimate of drug-likeness (QED) is 0.880. The molecule has 1 aromatic carbocycles. The second-order valence-electron chi connectivity index (χ2n) is 4.67. The summed E-state index contributed by atoms with van der Waals surface area (Å²) in [5.74, 6) is 0.0966. The Bertz CT molecular complexity index is 416. The fourth-order valence-electron chi connectivity index (χ4n) is 2.33. The maximum Gasteiger partial charge on any atom is 0.237 e. The number of carbonyl (C=O) groups excluding carboxylic acids is 1. The fraction of sp³-hybridized carbons (Fsp3) is 0.500. The smallest absolute Gasteiger partial charge is 0.237 e. The lowest BCUT2D eigenvalue weighted by molar-refractivity contribution is -0.123. The van der Waals surface area contributed by atoms with E-state index in [1.54, 1.807) is 0 Å². The standard InChI is InChI=1S/C14H19ClN2O/c1-2-12(10-5-3-6-11(15)9-10)17-14(18)13-7-4-8-16-13/h3,5-6,9,12-13,16H,2,4,7-8H2,1H3,(H,17,18). The Kier molecular flexibility index (Phi) is 4.61. The molecule has 2 N–H and O–H groups in total. The van der Waals surface area contributed by atoms with Crippen molar-refractivity contribution in [1.82, 2.24) is 10.6 Å². The molecule has 0 aliphatic carbocycles. The van der Waals surface area contributed by atoms with Gasteiger partial charge in [-0.2, -0.15) is 0 Å². The highest BCUT2D eigenvalue weighted by Crippen LogP contribution is 2.20. The first kappa shape index (κ1) is 13.4. The summed E-state index contributed by atoms with van der Waals surface area (Å²) in [7, 11) is 0. The number of carbonyl (C=O) groups is 1. The number of rotatable bonds is 4. The van der Waals surface area contributed by atoms with Crippen LogP contribution in [0, 0.1) is 0 Å². The van der Waals surface area contributed by atoms with Gasteiger partial charge in [0.1, 0.15) is 0 Å². The van der Waals surface area contributed by atoms with Crippen molar-refractivity contribution in [2.24, 2.45) is 0 Å². The van der Waals surface area contributed by atoms with Crippen LogP contribution in [0.1, 0.15) is 37.8 Å². The van der Waals surface area contributed by atoms with Crippen molar-refractivity contribution in [3.8, 4) is 0 Å². The molecule has 1 heterocycles. The van der Waals surface area contributed by atoms with Crippen LogP contribution in [-0.4, -0.2) is 18.5 Å². The molecule has 1 aromatic rings. The van der Waals surface area contributed by atoms with Gasteiger partial charge < -0.3 is 10.6 Å². The number of halogens is 1. The Morgan fingerprint density at radius 1 is 1.61 bits per heavy atom. The summed E-state index contributed by atoms with van der Waals surface area (Å²) in [5.41, 5.74) is 1.07. The Hall–Kier alpha value is -1.06. The van der Waals surface area contributed by atoms with E-state index in [-0.39, 0.29) is 18.0 Å². The average Bonchev–Trinajstić information content (AvgIpc) is 2.89. The van der Waals surface area contributed by atoms with Crippen LogP contribution in [0.5, 0.6) is 0 Å². The van der Waals surface area contributed by atoms with Crippen LogP contribution < -0.4 is 10.6 Å². The van der Waals surface area contributed by atoms with Crippen LogP contribution in [0.3, 0.4) is 0 Å². The van der Waals surface area contributed by atoms with E-state index < -0.39 is 0 Å². The summed E-state index contributed by atoms with van der Waals surface area (Å²) < 4.78 is 0. The molecule has 2 unspecified atom stereocenters. The SMILES string of the molecule is CCC(NC(=O)C1CCCN1)c1cccc(Cl)c1. The van der Waals surface area contributed by atoms with Gasteiger partial charge >= 0.3 is 0 Å². The average molecular weight is 267 g/mol. The maximum absolute atomic E-state index is 12.1. The van der Waals surface area contributed by atoms with Crippen molar-refractivity contribution in [3.63, 3.8) is 0 Å². The minimum atomic E-state index is -0.0294. The zero-order valence-corrected chi connectivity index (χ0v) is 11.3. The van der Waals surface area contributed by atoms with E-state index in [9.17, 15) is 4.79 Å². The molecule has 0 spiro atoms. The molecule has 18 heavy (non-hydrogen) atoms. The fourth-order valence-corrected chi connectivity index (χ4v) is 2.52. The van der Waals surface area contributed by atoms with Crippen molar-refractivity contribution < 1.29 is 4.79 Å². The lowest BCUT2D eigenvalue weighted by atomic mass is 10.0. The van der Waals surface area contributed by atoms with Crippen molar-refractivity contribution in [3.05, 3.63) is 34.9 Å². The summed E-state index contributed by atoms with van der Waals surface area (Å²) in [4.78, 5) is 12.1. The lowest BCUT2D eigenvalue weighted by Crippen LogP contribution is -2.41. The molecule has 1 amide bonds. The Labute approximate surface area is 113 Å². The first-order valence-corrected chi connectivity index (χ1v) is 6.87. The molecular weight excluding hydrogens is 248 g/mol. The van der Waals surface area contributed by atoms with E-state index >= 15 is 0 Å². The van der Waals surface area contributed by atoms with E-state index in [4.69, 9.17) is 11.6 Å². The molecule has 0 bridgehead atoms. The van der Waals surface area contributed by atoms with Crippen LogP contribution in [0.4, 0.5) is 0 Å². The molecule has 1 fully saturated rings. The predicted octanol–water partition coefficient (Wildman–Crippen LogP) is 2.66. The second-order valence-corrected chi connectivity index (χ2v) is 5.11.